The SMILES string of the molecule is Cc1cc(C(N)=O)ccc1-n1c(CCC(=O)O)ccc1-c1ccc(N2CCOCC2)cc1. The Morgan fingerprint density at radius 3 is 2.38 bits per heavy atom. The van der Waals surface area contributed by atoms with E-state index in [0.717, 1.165) is 60.2 Å². The van der Waals surface area contributed by atoms with Crippen LogP contribution >= 0.6 is 0 Å². The molecule has 7 nitrogen and oxygen atoms in total. The van der Waals surface area contributed by atoms with E-state index in [-0.39, 0.29) is 6.42 Å². The summed E-state index contributed by atoms with van der Waals surface area (Å²) in [6.07, 6.45) is 0.441. The Balaban J connectivity index is 1.74. The van der Waals surface area contributed by atoms with Gasteiger partial charge in [-0.2, -0.15) is 0 Å². The molecule has 0 radical (unpaired) electrons. The number of ether oxygens (including phenoxy) is 1. The highest BCUT2D eigenvalue weighted by Crippen LogP contribution is 2.31. The number of nitrogens with zero attached hydrogens (tertiary/aromatic N) is 2. The number of benzene rings is 2. The minimum absolute atomic E-state index is 0.0395. The van der Waals surface area contributed by atoms with E-state index in [4.69, 9.17) is 10.5 Å². The van der Waals surface area contributed by atoms with Crippen LogP contribution in [0.5, 0.6) is 0 Å². The molecule has 1 aliphatic rings. The Labute approximate surface area is 187 Å². The molecule has 0 aliphatic carbocycles. The zero-order valence-electron chi connectivity index (χ0n) is 18.1. The molecule has 0 bridgehead atoms. The lowest BCUT2D eigenvalue weighted by Gasteiger charge is -2.29. The van der Waals surface area contributed by atoms with E-state index in [2.05, 4.69) is 33.7 Å². The standard InChI is InChI=1S/C25H27N3O4/c1-17-16-19(25(26)31)4-9-22(17)28-21(8-11-24(29)30)7-10-23(28)18-2-5-20(6-3-18)27-12-14-32-15-13-27/h2-7,9-10,16H,8,11-15H2,1H3,(H2,26,31)(H,29,30). The lowest BCUT2D eigenvalue weighted by Crippen LogP contribution is -2.36. The first-order valence-electron chi connectivity index (χ1n) is 10.7. The fourth-order valence-corrected chi connectivity index (χ4v) is 4.14. The number of nitrogens with two attached hydrogens (primary N) is 1. The summed E-state index contributed by atoms with van der Waals surface area (Å²) in [5.74, 6) is -1.31. The highest BCUT2D eigenvalue weighted by Gasteiger charge is 2.17. The van der Waals surface area contributed by atoms with Crippen molar-refractivity contribution < 1.29 is 19.4 Å². The Bertz CT molecular complexity index is 1130. The fraction of sp³-hybridized carbons (Fsp3) is 0.280. The quantitative estimate of drug-likeness (QED) is 0.595. The fourth-order valence-electron chi connectivity index (χ4n) is 4.14. The Hall–Kier alpha value is -3.58. The third-order valence-electron chi connectivity index (χ3n) is 5.82. The van der Waals surface area contributed by atoms with Crippen LogP contribution < -0.4 is 10.6 Å². The van der Waals surface area contributed by atoms with Crippen LogP contribution in [0.25, 0.3) is 16.9 Å². The number of aliphatic carboxylic acids is 1. The number of hydrogen-bond acceptors (Lipinski definition) is 4. The van der Waals surface area contributed by atoms with Crippen LogP contribution in [-0.2, 0) is 16.0 Å². The average Bonchev–Trinajstić information content (AvgIpc) is 3.22. The van der Waals surface area contributed by atoms with Crippen LogP contribution in [0, 0.1) is 6.92 Å². The summed E-state index contributed by atoms with van der Waals surface area (Å²) < 4.78 is 7.52. The van der Waals surface area contributed by atoms with E-state index in [0.29, 0.717) is 12.0 Å². The smallest absolute Gasteiger partial charge is 0.303 e. The highest BCUT2D eigenvalue weighted by atomic mass is 16.5. The largest absolute Gasteiger partial charge is 0.481 e. The second-order valence-corrected chi connectivity index (χ2v) is 7.95. The first-order chi connectivity index (χ1) is 15.4. The summed E-state index contributed by atoms with van der Waals surface area (Å²) in [4.78, 5) is 25.1. The van der Waals surface area contributed by atoms with Crippen molar-refractivity contribution >= 4 is 17.6 Å². The third-order valence-corrected chi connectivity index (χ3v) is 5.82. The molecule has 32 heavy (non-hydrogen) atoms. The van der Waals surface area contributed by atoms with Crippen molar-refractivity contribution in [3.05, 3.63) is 71.4 Å². The molecule has 1 saturated heterocycles. The van der Waals surface area contributed by atoms with Gasteiger partial charge in [0.05, 0.1) is 25.3 Å². The van der Waals surface area contributed by atoms with Crippen molar-refractivity contribution in [3.8, 4) is 16.9 Å². The summed E-state index contributed by atoms with van der Waals surface area (Å²) in [6, 6.07) is 17.7. The Morgan fingerprint density at radius 1 is 1.03 bits per heavy atom. The molecule has 0 spiro atoms. The van der Waals surface area contributed by atoms with Crippen molar-refractivity contribution in [3.63, 3.8) is 0 Å². The minimum atomic E-state index is -0.838. The van der Waals surface area contributed by atoms with E-state index < -0.39 is 11.9 Å². The third kappa shape index (κ3) is 4.53. The molecule has 166 valence electrons. The van der Waals surface area contributed by atoms with Gasteiger partial charge in [0.25, 0.3) is 0 Å². The Morgan fingerprint density at radius 2 is 1.75 bits per heavy atom. The van der Waals surface area contributed by atoms with Gasteiger partial charge in [0.1, 0.15) is 0 Å². The molecule has 1 aromatic heterocycles. The number of carboxylic acid groups (broad SMARTS) is 1. The average molecular weight is 434 g/mol. The molecule has 2 heterocycles. The summed E-state index contributed by atoms with van der Waals surface area (Å²) in [7, 11) is 0. The van der Waals surface area contributed by atoms with Crippen LogP contribution in [0.2, 0.25) is 0 Å². The number of aryl methyl sites for hydroxylation is 2. The first kappa shape index (κ1) is 21.6. The lowest BCUT2D eigenvalue weighted by molar-refractivity contribution is -0.136. The first-order valence-corrected chi connectivity index (χ1v) is 10.7. The molecule has 4 rings (SSSR count). The number of primary amides is 1. The van der Waals surface area contributed by atoms with Gasteiger partial charge >= 0.3 is 5.97 Å². The van der Waals surface area contributed by atoms with Gasteiger partial charge in [-0.15, -0.1) is 0 Å². The van der Waals surface area contributed by atoms with Gasteiger partial charge in [0, 0.05) is 35.7 Å². The molecule has 0 saturated carbocycles. The van der Waals surface area contributed by atoms with Crippen LogP contribution in [-0.4, -0.2) is 47.9 Å². The van der Waals surface area contributed by atoms with E-state index in [1.807, 2.05) is 25.1 Å². The predicted molar refractivity (Wildman–Crippen MR) is 123 cm³/mol. The molecule has 0 atom stereocenters. The van der Waals surface area contributed by atoms with Gasteiger partial charge in [-0.25, -0.2) is 0 Å². The highest BCUT2D eigenvalue weighted by molar-refractivity contribution is 5.93. The monoisotopic (exact) mass is 433 g/mol. The summed E-state index contributed by atoms with van der Waals surface area (Å²) in [5.41, 5.74) is 11.7. The molecule has 3 N–H and O–H groups in total. The maximum atomic E-state index is 11.6. The Kier molecular flexibility index (Phi) is 6.28. The van der Waals surface area contributed by atoms with Gasteiger partial charge in [-0.05, 0) is 66.9 Å². The molecule has 1 aliphatic heterocycles. The topological polar surface area (TPSA) is 97.8 Å². The zero-order chi connectivity index (χ0) is 22.7. The number of morpholine rings is 1. The van der Waals surface area contributed by atoms with E-state index >= 15 is 0 Å². The molecule has 2 aromatic carbocycles. The van der Waals surface area contributed by atoms with Crippen LogP contribution in [0.15, 0.2) is 54.6 Å². The lowest BCUT2D eigenvalue weighted by atomic mass is 10.1. The normalized spacial score (nSPS) is 13.8. The minimum Gasteiger partial charge on any atom is -0.481 e. The number of carbonyl (C=O) groups is 2. The number of carbonyl (C=O) groups excluding carboxylic acids is 1. The number of carboxylic acids is 1. The summed E-state index contributed by atoms with van der Waals surface area (Å²) in [6.45, 7) is 5.14. The molecular weight excluding hydrogens is 406 g/mol. The summed E-state index contributed by atoms with van der Waals surface area (Å²) >= 11 is 0. The van der Waals surface area contributed by atoms with Gasteiger partial charge < -0.3 is 25.0 Å². The number of rotatable bonds is 7. The molecule has 3 aromatic rings. The van der Waals surface area contributed by atoms with Crippen molar-refractivity contribution in [2.45, 2.75) is 19.8 Å². The van der Waals surface area contributed by atoms with E-state index in [1.165, 1.54) is 0 Å². The number of anilines is 1. The molecule has 1 amide bonds. The van der Waals surface area contributed by atoms with E-state index in [9.17, 15) is 14.7 Å². The van der Waals surface area contributed by atoms with Crippen LogP contribution in [0.3, 0.4) is 0 Å². The number of amides is 1. The van der Waals surface area contributed by atoms with Gasteiger partial charge in [0.2, 0.25) is 5.91 Å². The number of hydrogen-bond donors (Lipinski definition) is 2. The zero-order valence-corrected chi connectivity index (χ0v) is 18.1. The maximum Gasteiger partial charge on any atom is 0.303 e. The van der Waals surface area contributed by atoms with E-state index in [1.54, 1.807) is 12.1 Å². The summed E-state index contributed by atoms with van der Waals surface area (Å²) in [5, 5.41) is 9.19. The molecule has 0 unspecified atom stereocenters. The molecular formula is C25H27N3O4. The van der Waals surface area contributed by atoms with Crippen molar-refractivity contribution in [1.29, 1.82) is 0 Å². The number of aromatic nitrogens is 1. The molecule has 1 fully saturated rings. The van der Waals surface area contributed by atoms with Crippen molar-refractivity contribution in [1.82, 2.24) is 4.57 Å². The second kappa shape index (κ2) is 9.28. The van der Waals surface area contributed by atoms with Crippen molar-refractivity contribution in [2.75, 3.05) is 31.2 Å². The van der Waals surface area contributed by atoms with Gasteiger partial charge in [0.15, 0.2) is 0 Å². The maximum absolute atomic E-state index is 11.6. The van der Waals surface area contributed by atoms with Gasteiger partial charge in [-0.1, -0.05) is 12.1 Å². The van der Waals surface area contributed by atoms with Crippen LogP contribution in [0.4, 0.5) is 5.69 Å². The molecule has 7 heteroatoms. The van der Waals surface area contributed by atoms with Gasteiger partial charge in [-0.3, -0.25) is 9.59 Å². The van der Waals surface area contributed by atoms with Crippen LogP contribution in [0.1, 0.15) is 28.0 Å². The predicted octanol–water partition coefficient (Wildman–Crippen LogP) is 3.41. The second-order valence-electron chi connectivity index (χ2n) is 7.95. The van der Waals surface area contributed by atoms with Crippen molar-refractivity contribution in [2.24, 2.45) is 5.73 Å².